The smallest absolute Gasteiger partial charge is 0.347 e. The van der Waals surface area contributed by atoms with Gasteiger partial charge in [0, 0.05) is 6.42 Å². The molecule has 0 fully saturated rings. The van der Waals surface area contributed by atoms with E-state index in [2.05, 4.69) is 10.3 Å². The van der Waals surface area contributed by atoms with Gasteiger partial charge in [0.1, 0.15) is 11.3 Å². The van der Waals surface area contributed by atoms with Crippen LogP contribution in [0.3, 0.4) is 0 Å². The molecule has 1 heterocycles. The quantitative estimate of drug-likeness (QED) is 0.424. The minimum Gasteiger partial charge on any atom is -0.478 e. The second-order valence-electron chi connectivity index (χ2n) is 7.95. The summed E-state index contributed by atoms with van der Waals surface area (Å²) in [7, 11) is 0. The predicted molar refractivity (Wildman–Crippen MR) is 117 cm³/mol. The molecule has 6 nitrogen and oxygen atoms in total. The molecule has 0 radical (unpaired) electrons. The standard InChI is InChI=1S/C24H30N2O4/c1-24(2,23(27)28)30-19-11-7-9-18(17-19)10-8-16-25-15-6-5-14-22-26-20-12-3-4-13-21(20)29-22/h3-4,7,9,11-13,17,25H,5-6,8,10,14-16H2,1-2H3,(H,27,28). The van der Waals surface area contributed by atoms with Crippen LogP contribution in [0.2, 0.25) is 0 Å². The van der Waals surface area contributed by atoms with E-state index in [0.717, 1.165) is 67.7 Å². The lowest BCUT2D eigenvalue weighted by Crippen LogP contribution is -2.37. The summed E-state index contributed by atoms with van der Waals surface area (Å²) < 4.78 is 11.3. The van der Waals surface area contributed by atoms with Crippen molar-refractivity contribution in [3.8, 4) is 5.75 Å². The van der Waals surface area contributed by atoms with E-state index in [1.54, 1.807) is 19.9 Å². The normalized spacial score (nSPS) is 11.7. The van der Waals surface area contributed by atoms with Crippen LogP contribution in [0.1, 0.15) is 44.6 Å². The highest BCUT2D eigenvalue weighted by Crippen LogP contribution is 2.21. The highest BCUT2D eigenvalue weighted by Gasteiger charge is 2.29. The molecule has 0 aliphatic heterocycles. The van der Waals surface area contributed by atoms with Gasteiger partial charge in [0.15, 0.2) is 17.1 Å². The number of hydrogen-bond acceptors (Lipinski definition) is 5. The van der Waals surface area contributed by atoms with Crippen molar-refractivity contribution in [2.75, 3.05) is 13.1 Å². The van der Waals surface area contributed by atoms with Gasteiger partial charge < -0.3 is 19.6 Å². The van der Waals surface area contributed by atoms with E-state index in [-0.39, 0.29) is 0 Å². The molecule has 6 heteroatoms. The first-order chi connectivity index (χ1) is 14.4. The van der Waals surface area contributed by atoms with Crippen molar-refractivity contribution in [2.24, 2.45) is 0 Å². The van der Waals surface area contributed by atoms with E-state index < -0.39 is 11.6 Å². The van der Waals surface area contributed by atoms with Gasteiger partial charge in [-0.2, -0.15) is 0 Å². The van der Waals surface area contributed by atoms with Crippen LogP contribution in [-0.2, 0) is 17.6 Å². The fourth-order valence-electron chi connectivity index (χ4n) is 3.20. The predicted octanol–water partition coefficient (Wildman–Crippen LogP) is 4.61. The Morgan fingerprint density at radius 2 is 1.87 bits per heavy atom. The molecule has 0 saturated carbocycles. The first-order valence-electron chi connectivity index (χ1n) is 10.5. The molecule has 2 N–H and O–H groups in total. The van der Waals surface area contributed by atoms with Crippen molar-refractivity contribution < 1.29 is 19.1 Å². The number of aromatic nitrogens is 1. The van der Waals surface area contributed by atoms with E-state index in [4.69, 9.17) is 9.15 Å². The van der Waals surface area contributed by atoms with Crippen molar-refractivity contribution in [1.82, 2.24) is 10.3 Å². The maximum absolute atomic E-state index is 11.2. The van der Waals surface area contributed by atoms with Gasteiger partial charge in [-0.05, 0) is 82.4 Å². The molecule has 3 aromatic rings. The number of nitrogens with zero attached hydrogens (tertiary/aromatic N) is 1. The van der Waals surface area contributed by atoms with Gasteiger partial charge >= 0.3 is 5.97 Å². The molecule has 1 aromatic heterocycles. The lowest BCUT2D eigenvalue weighted by atomic mass is 10.1. The van der Waals surface area contributed by atoms with Crippen molar-refractivity contribution in [2.45, 2.75) is 51.6 Å². The van der Waals surface area contributed by atoms with Crippen molar-refractivity contribution in [3.63, 3.8) is 0 Å². The minimum atomic E-state index is -1.24. The van der Waals surface area contributed by atoms with Gasteiger partial charge in [0.25, 0.3) is 0 Å². The number of benzene rings is 2. The number of fused-ring (bicyclic) bond motifs is 1. The number of aryl methyl sites for hydroxylation is 2. The highest BCUT2D eigenvalue weighted by molar-refractivity contribution is 5.76. The Labute approximate surface area is 177 Å². The summed E-state index contributed by atoms with van der Waals surface area (Å²) in [6.45, 7) is 5.01. The van der Waals surface area contributed by atoms with Gasteiger partial charge in [-0.3, -0.25) is 0 Å². The zero-order valence-corrected chi connectivity index (χ0v) is 17.7. The summed E-state index contributed by atoms with van der Waals surface area (Å²) in [4.78, 5) is 15.7. The zero-order chi connectivity index (χ0) is 21.4. The second-order valence-corrected chi connectivity index (χ2v) is 7.95. The fourth-order valence-corrected chi connectivity index (χ4v) is 3.20. The molecular weight excluding hydrogens is 380 g/mol. The molecule has 0 unspecified atom stereocenters. The van der Waals surface area contributed by atoms with Gasteiger partial charge in [-0.1, -0.05) is 24.3 Å². The number of rotatable bonds is 12. The number of oxazole rings is 1. The van der Waals surface area contributed by atoms with Crippen LogP contribution >= 0.6 is 0 Å². The molecule has 3 rings (SSSR count). The van der Waals surface area contributed by atoms with Crippen molar-refractivity contribution in [1.29, 1.82) is 0 Å². The molecule has 0 saturated heterocycles. The summed E-state index contributed by atoms with van der Waals surface area (Å²) in [5.41, 5.74) is 1.68. The van der Waals surface area contributed by atoms with Gasteiger partial charge in [0.05, 0.1) is 0 Å². The summed E-state index contributed by atoms with van der Waals surface area (Å²) in [6, 6.07) is 15.5. The van der Waals surface area contributed by atoms with E-state index in [1.165, 1.54) is 0 Å². The van der Waals surface area contributed by atoms with Crippen LogP contribution in [0.15, 0.2) is 52.9 Å². The topological polar surface area (TPSA) is 84.6 Å². The number of unbranched alkanes of at least 4 members (excludes halogenated alkanes) is 1. The third kappa shape index (κ3) is 6.32. The van der Waals surface area contributed by atoms with Crippen LogP contribution in [0.4, 0.5) is 0 Å². The summed E-state index contributed by atoms with van der Waals surface area (Å²) in [5, 5.41) is 12.7. The Hall–Kier alpha value is -2.86. The Morgan fingerprint density at radius 1 is 1.07 bits per heavy atom. The molecule has 2 aromatic carbocycles. The third-order valence-electron chi connectivity index (χ3n) is 4.94. The van der Waals surface area contributed by atoms with Gasteiger partial charge in [-0.25, -0.2) is 9.78 Å². The van der Waals surface area contributed by atoms with Crippen LogP contribution < -0.4 is 10.1 Å². The number of aliphatic carboxylic acids is 1. The maximum Gasteiger partial charge on any atom is 0.347 e. The number of carboxylic acids is 1. The molecule has 0 atom stereocenters. The Kier molecular flexibility index (Phi) is 7.46. The SMILES string of the molecule is CC(C)(Oc1cccc(CCCNCCCCc2nc3ccccc3o2)c1)C(=O)O. The largest absolute Gasteiger partial charge is 0.478 e. The molecule has 30 heavy (non-hydrogen) atoms. The van der Waals surface area contributed by atoms with Crippen molar-refractivity contribution >= 4 is 17.1 Å². The molecule has 0 spiro atoms. The Morgan fingerprint density at radius 3 is 2.67 bits per heavy atom. The maximum atomic E-state index is 11.2. The van der Waals surface area contributed by atoms with Crippen LogP contribution in [0.25, 0.3) is 11.1 Å². The second kappa shape index (κ2) is 10.3. The lowest BCUT2D eigenvalue weighted by molar-refractivity contribution is -0.152. The van der Waals surface area contributed by atoms with E-state index in [1.807, 2.05) is 42.5 Å². The first kappa shape index (κ1) is 21.8. The van der Waals surface area contributed by atoms with Gasteiger partial charge in [0.2, 0.25) is 0 Å². The minimum absolute atomic E-state index is 0.590. The Bertz CT molecular complexity index is 932. The molecule has 0 bridgehead atoms. The number of nitrogens with one attached hydrogen (secondary N) is 1. The van der Waals surface area contributed by atoms with E-state index >= 15 is 0 Å². The number of ether oxygens (including phenoxy) is 1. The van der Waals surface area contributed by atoms with Crippen molar-refractivity contribution in [3.05, 3.63) is 60.0 Å². The van der Waals surface area contributed by atoms with Gasteiger partial charge in [-0.15, -0.1) is 0 Å². The number of carbonyl (C=O) groups is 1. The molecule has 0 aliphatic carbocycles. The fraction of sp³-hybridized carbons (Fsp3) is 0.417. The number of hydrogen-bond donors (Lipinski definition) is 2. The van der Waals surface area contributed by atoms with Crippen LogP contribution in [0.5, 0.6) is 5.75 Å². The third-order valence-corrected chi connectivity index (χ3v) is 4.94. The van der Waals surface area contributed by atoms with Crippen LogP contribution in [0, 0.1) is 0 Å². The Balaban J connectivity index is 1.30. The van der Waals surface area contributed by atoms with Crippen LogP contribution in [-0.4, -0.2) is 34.8 Å². The average molecular weight is 411 g/mol. The molecule has 160 valence electrons. The number of carboxylic acid groups (broad SMARTS) is 1. The first-order valence-corrected chi connectivity index (χ1v) is 10.5. The van der Waals surface area contributed by atoms with E-state index in [0.29, 0.717) is 5.75 Å². The zero-order valence-electron chi connectivity index (χ0n) is 17.7. The average Bonchev–Trinajstić information content (AvgIpc) is 3.12. The summed E-state index contributed by atoms with van der Waals surface area (Å²) in [6.07, 6.45) is 4.90. The number of para-hydroxylation sites is 2. The summed E-state index contributed by atoms with van der Waals surface area (Å²) >= 11 is 0. The summed E-state index contributed by atoms with van der Waals surface area (Å²) in [5.74, 6) is 0.421. The highest BCUT2D eigenvalue weighted by atomic mass is 16.5. The lowest BCUT2D eigenvalue weighted by Gasteiger charge is -2.21. The monoisotopic (exact) mass is 410 g/mol. The molecule has 0 aliphatic rings. The molecule has 0 amide bonds. The van der Waals surface area contributed by atoms with E-state index in [9.17, 15) is 9.90 Å². The molecular formula is C24H30N2O4.